The minimum Gasteiger partial charge on any atom is -0.490 e. The normalized spacial score (nSPS) is 13.0. The van der Waals surface area contributed by atoms with E-state index in [4.69, 9.17) is 18.9 Å². The lowest BCUT2D eigenvalue weighted by Gasteiger charge is -2.12. The highest BCUT2D eigenvalue weighted by Crippen LogP contribution is 2.46. The molecule has 0 aliphatic heterocycles. The Bertz CT molecular complexity index is 1460. The number of hydrogen-bond donors (Lipinski definition) is 0. The molecule has 0 bridgehead atoms. The number of thioether (sulfide) groups is 1. The van der Waals surface area contributed by atoms with Crippen molar-refractivity contribution in [1.82, 2.24) is 0 Å². The molecule has 0 heterocycles. The third-order valence-corrected chi connectivity index (χ3v) is 7.52. The number of rotatable bonds is 12. The summed E-state index contributed by atoms with van der Waals surface area (Å²) >= 11 is 1.19. The van der Waals surface area contributed by atoms with Crippen molar-refractivity contribution in [2.45, 2.75) is 31.1 Å². The van der Waals surface area contributed by atoms with Crippen molar-refractivity contribution in [2.24, 2.45) is 0 Å². The second-order valence-electron chi connectivity index (χ2n) is 8.95. The second-order valence-corrected chi connectivity index (χ2v) is 9.97. The van der Waals surface area contributed by atoms with Crippen molar-refractivity contribution in [3.05, 3.63) is 102 Å². The Morgan fingerprint density at radius 2 is 1.60 bits per heavy atom. The molecular weight excluding hydrogens is 528 g/mol. The molecular formula is C32H30O7S. The Labute approximate surface area is 237 Å². The van der Waals surface area contributed by atoms with Crippen LogP contribution >= 0.6 is 11.8 Å². The standard InChI is InChI=1S/C32H30O7S/c1-5-21-16-23(37-14-15-38-30(33)6-2)10-13-29(21)40-32(35)22-8-11-25-26-12-9-24(39-19-31(34)36-7-3)18-28(26)20(4)27(25)17-22/h6-13,16-18,20H,2-3,5,14-15,19H2,1,4H3. The minimum atomic E-state index is -0.521. The molecule has 0 N–H and O–H groups in total. The number of hydrogen-bond acceptors (Lipinski definition) is 8. The van der Waals surface area contributed by atoms with Gasteiger partial charge in [0.2, 0.25) is 5.12 Å². The highest BCUT2D eigenvalue weighted by atomic mass is 32.2. The van der Waals surface area contributed by atoms with Crippen LogP contribution in [-0.2, 0) is 25.5 Å². The molecule has 0 saturated heterocycles. The average Bonchev–Trinajstić information content (AvgIpc) is 3.25. The second kappa shape index (κ2) is 13.2. The van der Waals surface area contributed by atoms with Gasteiger partial charge in [-0.1, -0.05) is 39.1 Å². The van der Waals surface area contributed by atoms with Crippen molar-refractivity contribution < 1.29 is 33.3 Å². The molecule has 1 atom stereocenters. The van der Waals surface area contributed by atoms with E-state index in [0.717, 1.165) is 51.5 Å². The van der Waals surface area contributed by atoms with Gasteiger partial charge < -0.3 is 18.9 Å². The maximum absolute atomic E-state index is 13.3. The monoisotopic (exact) mass is 558 g/mol. The number of esters is 2. The summed E-state index contributed by atoms with van der Waals surface area (Å²) in [4.78, 5) is 36.9. The Morgan fingerprint density at radius 1 is 0.900 bits per heavy atom. The summed E-state index contributed by atoms with van der Waals surface area (Å²) in [5.74, 6) is 0.263. The van der Waals surface area contributed by atoms with Crippen LogP contribution in [0.1, 0.15) is 46.8 Å². The van der Waals surface area contributed by atoms with Gasteiger partial charge in [0.15, 0.2) is 6.61 Å². The van der Waals surface area contributed by atoms with Gasteiger partial charge in [-0.2, -0.15) is 0 Å². The zero-order valence-corrected chi connectivity index (χ0v) is 23.3. The molecule has 0 saturated carbocycles. The first kappa shape index (κ1) is 28.7. The van der Waals surface area contributed by atoms with E-state index < -0.39 is 11.9 Å². The molecule has 8 heteroatoms. The molecule has 40 heavy (non-hydrogen) atoms. The number of fused-ring (bicyclic) bond motifs is 3. The first-order valence-electron chi connectivity index (χ1n) is 12.8. The van der Waals surface area contributed by atoms with Crippen molar-refractivity contribution in [3.63, 3.8) is 0 Å². The van der Waals surface area contributed by atoms with Gasteiger partial charge in [0.25, 0.3) is 0 Å². The SMILES string of the molecule is C=COC(=O)COc1ccc2c(c1)C(C)c1cc(C(=O)Sc3ccc(OCCOC(=O)C=C)cc3CC)ccc1-2. The number of aryl methyl sites for hydroxylation is 1. The van der Waals surface area contributed by atoms with Crippen LogP contribution in [0.2, 0.25) is 0 Å². The molecule has 0 fully saturated rings. The Kier molecular flexibility index (Phi) is 9.45. The molecule has 1 aliphatic rings. The summed E-state index contributed by atoms with van der Waals surface area (Å²) < 4.78 is 20.9. The first-order valence-corrected chi connectivity index (χ1v) is 13.6. The van der Waals surface area contributed by atoms with Gasteiger partial charge in [-0.3, -0.25) is 4.79 Å². The number of benzene rings is 3. The van der Waals surface area contributed by atoms with Gasteiger partial charge in [-0.05, 0) is 88.5 Å². The summed E-state index contributed by atoms with van der Waals surface area (Å²) in [6, 6.07) is 17.1. The molecule has 0 aromatic heterocycles. The molecule has 206 valence electrons. The van der Waals surface area contributed by atoms with E-state index in [-0.39, 0.29) is 30.9 Å². The summed E-state index contributed by atoms with van der Waals surface area (Å²) in [6.07, 6.45) is 2.91. The lowest BCUT2D eigenvalue weighted by molar-refractivity contribution is -0.140. The van der Waals surface area contributed by atoms with Crippen LogP contribution in [0.15, 0.2) is 85.0 Å². The summed E-state index contributed by atoms with van der Waals surface area (Å²) in [5.41, 5.74) is 5.92. The maximum Gasteiger partial charge on any atom is 0.348 e. The first-order chi connectivity index (χ1) is 19.3. The predicted molar refractivity (Wildman–Crippen MR) is 154 cm³/mol. The van der Waals surface area contributed by atoms with Gasteiger partial charge in [0.1, 0.15) is 24.7 Å². The Hall–Kier alpha value is -4.30. The fourth-order valence-electron chi connectivity index (χ4n) is 4.51. The zero-order valence-electron chi connectivity index (χ0n) is 22.4. The Morgan fingerprint density at radius 3 is 2.33 bits per heavy atom. The average molecular weight is 559 g/mol. The van der Waals surface area contributed by atoms with Crippen LogP contribution in [-0.4, -0.2) is 36.9 Å². The van der Waals surface area contributed by atoms with Gasteiger partial charge in [0, 0.05) is 22.5 Å². The van der Waals surface area contributed by atoms with Crippen LogP contribution < -0.4 is 9.47 Å². The van der Waals surface area contributed by atoms with Gasteiger partial charge in [0.05, 0.1) is 6.26 Å². The van der Waals surface area contributed by atoms with Crippen molar-refractivity contribution in [1.29, 1.82) is 0 Å². The summed E-state index contributed by atoms with van der Waals surface area (Å²) in [7, 11) is 0. The van der Waals surface area contributed by atoms with Crippen LogP contribution in [0.5, 0.6) is 11.5 Å². The topological polar surface area (TPSA) is 88.1 Å². The fourth-order valence-corrected chi connectivity index (χ4v) is 5.42. The molecule has 3 aromatic rings. The minimum absolute atomic E-state index is 0.0459. The highest BCUT2D eigenvalue weighted by molar-refractivity contribution is 8.14. The van der Waals surface area contributed by atoms with Crippen LogP contribution in [0.4, 0.5) is 0 Å². The quantitative estimate of drug-likeness (QED) is 0.0820. The van der Waals surface area contributed by atoms with Crippen molar-refractivity contribution in [3.8, 4) is 22.6 Å². The van der Waals surface area contributed by atoms with Gasteiger partial charge in [-0.25, -0.2) is 9.59 Å². The largest absolute Gasteiger partial charge is 0.490 e. The van der Waals surface area contributed by atoms with E-state index in [1.807, 2.05) is 61.5 Å². The lowest BCUT2D eigenvalue weighted by atomic mass is 9.98. The predicted octanol–water partition coefficient (Wildman–Crippen LogP) is 6.49. The summed E-state index contributed by atoms with van der Waals surface area (Å²) in [6.45, 7) is 11.0. The molecule has 3 aromatic carbocycles. The smallest absolute Gasteiger partial charge is 0.348 e. The lowest BCUT2D eigenvalue weighted by Crippen LogP contribution is -2.12. The molecule has 0 spiro atoms. The molecule has 0 amide bonds. The summed E-state index contributed by atoms with van der Waals surface area (Å²) in [5, 5.41) is -0.0459. The number of carbonyl (C=O) groups is 3. The number of carbonyl (C=O) groups excluding carboxylic acids is 3. The van der Waals surface area contributed by atoms with Crippen molar-refractivity contribution >= 4 is 28.8 Å². The van der Waals surface area contributed by atoms with E-state index in [0.29, 0.717) is 17.1 Å². The molecule has 7 nitrogen and oxygen atoms in total. The van der Waals surface area contributed by atoms with Crippen molar-refractivity contribution in [2.75, 3.05) is 19.8 Å². The highest BCUT2D eigenvalue weighted by Gasteiger charge is 2.27. The zero-order chi connectivity index (χ0) is 28.6. The third kappa shape index (κ3) is 6.63. The van der Waals surface area contributed by atoms with E-state index in [9.17, 15) is 14.4 Å². The van der Waals surface area contributed by atoms with E-state index in [1.165, 1.54) is 11.8 Å². The van der Waals surface area contributed by atoms with E-state index >= 15 is 0 Å². The fraction of sp³-hybridized carbons (Fsp3) is 0.219. The maximum atomic E-state index is 13.3. The van der Waals surface area contributed by atoms with Crippen LogP contribution in [0, 0.1) is 0 Å². The molecule has 4 rings (SSSR count). The molecule has 1 aliphatic carbocycles. The van der Waals surface area contributed by atoms with Gasteiger partial charge in [-0.15, -0.1) is 0 Å². The van der Waals surface area contributed by atoms with Gasteiger partial charge >= 0.3 is 11.9 Å². The van der Waals surface area contributed by atoms with E-state index in [2.05, 4.69) is 20.1 Å². The van der Waals surface area contributed by atoms with E-state index in [1.54, 1.807) is 0 Å². The molecule has 1 unspecified atom stereocenters. The Balaban J connectivity index is 1.43. The number of ether oxygens (including phenoxy) is 4. The molecule has 0 radical (unpaired) electrons. The van der Waals surface area contributed by atoms with Crippen LogP contribution in [0.25, 0.3) is 11.1 Å². The third-order valence-electron chi connectivity index (χ3n) is 6.48. The van der Waals surface area contributed by atoms with Crippen LogP contribution in [0.3, 0.4) is 0 Å².